The molecule has 0 aliphatic heterocycles. The van der Waals surface area contributed by atoms with Gasteiger partial charge in [-0.3, -0.25) is 14.4 Å². The molecule has 0 unspecified atom stereocenters. The van der Waals surface area contributed by atoms with Crippen LogP contribution < -0.4 is 5.73 Å². The quantitative estimate of drug-likeness (QED) is 0.381. The van der Waals surface area contributed by atoms with E-state index < -0.39 is 17.6 Å². The van der Waals surface area contributed by atoms with Crippen molar-refractivity contribution in [2.75, 3.05) is 14.1 Å². The van der Waals surface area contributed by atoms with Gasteiger partial charge >= 0.3 is 0 Å². The summed E-state index contributed by atoms with van der Waals surface area (Å²) >= 11 is 0. The first-order chi connectivity index (χ1) is 18.0. The van der Waals surface area contributed by atoms with Crippen LogP contribution in [0.5, 0.6) is 0 Å². The van der Waals surface area contributed by atoms with E-state index in [0.29, 0.717) is 19.3 Å². The van der Waals surface area contributed by atoms with Crippen molar-refractivity contribution in [2.24, 2.45) is 5.73 Å². The molecule has 3 aromatic rings. The first kappa shape index (κ1) is 28.8. The molecule has 0 saturated heterocycles. The van der Waals surface area contributed by atoms with E-state index in [2.05, 4.69) is 0 Å². The van der Waals surface area contributed by atoms with Crippen molar-refractivity contribution in [1.82, 2.24) is 9.80 Å². The lowest BCUT2D eigenvalue weighted by Crippen LogP contribution is -2.53. The molecule has 200 valence electrons. The molecule has 6 heteroatoms. The number of benzene rings is 3. The highest BCUT2D eigenvalue weighted by molar-refractivity contribution is 5.95. The molecular weight excluding hydrogens is 474 g/mol. The summed E-state index contributed by atoms with van der Waals surface area (Å²) in [6, 6.07) is 22.3. The van der Waals surface area contributed by atoms with Gasteiger partial charge in [-0.2, -0.15) is 0 Å². The van der Waals surface area contributed by atoms with Gasteiger partial charge in [0.25, 0.3) is 0 Å². The number of rotatable bonds is 11. The molecule has 0 heterocycles. The van der Waals surface area contributed by atoms with Crippen LogP contribution in [0.15, 0.2) is 84.9 Å². The molecule has 2 amide bonds. The Morgan fingerprint density at radius 1 is 0.816 bits per heavy atom. The summed E-state index contributed by atoms with van der Waals surface area (Å²) in [5.74, 6) is -0.671. The van der Waals surface area contributed by atoms with E-state index in [0.717, 1.165) is 21.9 Å². The summed E-state index contributed by atoms with van der Waals surface area (Å²) in [5, 5.41) is 2.17. The average Bonchev–Trinajstić information content (AvgIpc) is 2.88. The normalized spacial score (nSPS) is 13.3. The first-order valence-electron chi connectivity index (χ1n) is 13.0. The van der Waals surface area contributed by atoms with Crippen LogP contribution in [-0.4, -0.2) is 59.1 Å². The van der Waals surface area contributed by atoms with Crippen LogP contribution in [0, 0.1) is 0 Å². The molecule has 3 aromatic carbocycles. The second-order valence-corrected chi connectivity index (χ2v) is 10.7. The number of carbonyl (C=O) groups excluding carboxylic acids is 3. The van der Waals surface area contributed by atoms with Crippen molar-refractivity contribution in [3.05, 3.63) is 96.1 Å². The molecule has 0 radical (unpaired) electrons. The van der Waals surface area contributed by atoms with Crippen LogP contribution in [0.2, 0.25) is 0 Å². The van der Waals surface area contributed by atoms with Crippen molar-refractivity contribution in [3.63, 3.8) is 0 Å². The van der Waals surface area contributed by atoms with Gasteiger partial charge < -0.3 is 15.5 Å². The molecule has 0 aliphatic carbocycles. The van der Waals surface area contributed by atoms with Gasteiger partial charge in [0.2, 0.25) is 11.8 Å². The fourth-order valence-corrected chi connectivity index (χ4v) is 4.49. The first-order valence-corrected chi connectivity index (χ1v) is 13.0. The molecular formula is C32H39N3O3. The minimum atomic E-state index is -0.790. The summed E-state index contributed by atoms with van der Waals surface area (Å²) in [5.41, 5.74) is 7.51. The van der Waals surface area contributed by atoms with Gasteiger partial charge in [-0.1, -0.05) is 78.9 Å². The smallest absolute Gasteiger partial charge is 0.246 e. The number of Topliss-reactive ketones (excluding diaryl/α,β-unsaturated/α-hetero) is 1. The minimum absolute atomic E-state index is 0.104. The maximum Gasteiger partial charge on any atom is 0.246 e. The summed E-state index contributed by atoms with van der Waals surface area (Å²) in [6.45, 7) is 5.28. The Morgan fingerprint density at radius 3 is 2.05 bits per heavy atom. The fourth-order valence-electron chi connectivity index (χ4n) is 4.49. The Balaban J connectivity index is 1.91. The number of hydrogen-bond donors (Lipinski definition) is 1. The molecule has 0 fully saturated rings. The summed E-state index contributed by atoms with van der Waals surface area (Å²) in [6.07, 6.45) is 4.47. The number of fused-ring (bicyclic) bond motifs is 1. The zero-order valence-corrected chi connectivity index (χ0v) is 23.1. The lowest BCUT2D eigenvalue weighted by molar-refractivity contribution is -0.145. The Hall–Kier alpha value is -3.77. The third-order valence-electron chi connectivity index (χ3n) is 6.80. The second-order valence-electron chi connectivity index (χ2n) is 10.7. The topological polar surface area (TPSA) is 83.7 Å². The zero-order chi connectivity index (χ0) is 27.9. The highest BCUT2D eigenvalue weighted by Gasteiger charge is 2.33. The lowest BCUT2D eigenvalue weighted by Gasteiger charge is -2.34. The van der Waals surface area contributed by atoms with Crippen LogP contribution in [0.3, 0.4) is 0 Å². The van der Waals surface area contributed by atoms with Gasteiger partial charge in [0, 0.05) is 26.1 Å². The van der Waals surface area contributed by atoms with E-state index in [1.54, 1.807) is 20.2 Å². The maximum atomic E-state index is 14.0. The van der Waals surface area contributed by atoms with Crippen molar-refractivity contribution in [1.29, 1.82) is 0 Å². The molecule has 2 N–H and O–H groups in total. The van der Waals surface area contributed by atoms with Crippen molar-refractivity contribution >= 4 is 28.4 Å². The van der Waals surface area contributed by atoms with Gasteiger partial charge in [-0.15, -0.1) is 0 Å². The molecule has 0 bridgehead atoms. The van der Waals surface area contributed by atoms with E-state index >= 15 is 0 Å². The van der Waals surface area contributed by atoms with E-state index in [1.165, 1.54) is 22.8 Å². The third kappa shape index (κ3) is 7.86. The van der Waals surface area contributed by atoms with E-state index in [4.69, 9.17) is 5.73 Å². The fraction of sp³-hybridized carbons (Fsp3) is 0.344. The average molecular weight is 514 g/mol. The number of hydrogen-bond acceptors (Lipinski definition) is 4. The van der Waals surface area contributed by atoms with Crippen LogP contribution >= 0.6 is 0 Å². The van der Waals surface area contributed by atoms with Gasteiger partial charge in [0.1, 0.15) is 6.04 Å². The monoisotopic (exact) mass is 513 g/mol. The number of ketones is 1. The predicted octanol–water partition coefficient (Wildman–Crippen LogP) is 4.55. The van der Waals surface area contributed by atoms with Gasteiger partial charge in [-0.05, 0) is 61.6 Å². The Kier molecular flexibility index (Phi) is 9.59. The lowest BCUT2D eigenvalue weighted by atomic mass is 9.97. The van der Waals surface area contributed by atoms with Crippen molar-refractivity contribution < 1.29 is 14.4 Å². The highest BCUT2D eigenvalue weighted by atomic mass is 16.2. The molecule has 38 heavy (non-hydrogen) atoms. The largest absolute Gasteiger partial charge is 0.334 e. The molecule has 0 spiro atoms. The molecule has 0 aromatic heterocycles. The van der Waals surface area contributed by atoms with Crippen LogP contribution in [0.1, 0.15) is 38.3 Å². The Morgan fingerprint density at radius 2 is 1.42 bits per heavy atom. The van der Waals surface area contributed by atoms with Crippen LogP contribution in [0.25, 0.3) is 10.8 Å². The van der Waals surface area contributed by atoms with Gasteiger partial charge in [0.15, 0.2) is 5.78 Å². The van der Waals surface area contributed by atoms with Crippen LogP contribution in [0.4, 0.5) is 0 Å². The highest BCUT2D eigenvalue weighted by Crippen LogP contribution is 2.20. The number of nitrogens with zero attached hydrogens (tertiary/aromatic N) is 2. The van der Waals surface area contributed by atoms with Gasteiger partial charge in [-0.25, -0.2) is 0 Å². The molecule has 2 atom stereocenters. The molecule has 0 saturated carbocycles. The predicted molar refractivity (Wildman–Crippen MR) is 154 cm³/mol. The molecule has 3 rings (SSSR count). The number of likely N-dealkylation sites (N-methyl/N-ethyl adjacent to an activating group) is 2. The van der Waals surface area contributed by atoms with Gasteiger partial charge in [0.05, 0.1) is 6.04 Å². The van der Waals surface area contributed by atoms with E-state index in [-0.39, 0.29) is 17.6 Å². The third-order valence-corrected chi connectivity index (χ3v) is 6.80. The van der Waals surface area contributed by atoms with Crippen molar-refractivity contribution in [3.8, 4) is 0 Å². The SMILES string of the molecule is CC(=O)[C@@H](Cc1ccccc1)N(C)C(=O)[C@@H](Cc1ccc2ccccc2c1)N(C)C(=O)/C=C/CC(C)(C)N. The Bertz CT molecular complexity index is 1290. The Labute approximate surface area is 226 Å². The molecule has 6 nitrogen and oxygen atoms in total. The number of amides is 2. The molecule has 0 aliphatic rings. The number of carbonyl (C=O) groups is 3. The van der Waals surface area contributed by atoms with E-state index in [1.807, 2.05) is 86.6 Å². The van der Waals surface area contributed by atoms with Crippen LogP contribution in [-0.2, 0) is 27.2 Å². The maximum absolute atomic E-state index is 14.0. The summed E-state index contributed by atoms with van der Waals surface area (Å²) in [4.78, 5) is 42.7. The summed E-state index contributed by atoms with van der Waals surface area (Å²) < 4.78 is 0. The number of nitrogens with two attached hydrogens (primary N) is 1. The zero-order valence-electron chi connectivity index (χ0n) is 23.1. The minimum Gasteiger partial charge on any atom is -0.334 e. The van der Waals surface area contributed by atoms with Crippen molar-refractivity contribution in [2.45, 2.75) is 57.7 Å². The summed E-state index contributed by atoms with van der Waals surface area (Å²) in [7, 11) is 3.29. The standard InChI is InChI=1S/C32H39N3O3/c1-23(36)28(21-24-12-7-6-8-13-24)35(5)31(38)29(34(4)30(37)16-11-19-32(2,3)33)22-25-17-18-26-14-9-10-15-27(26)20-25/h6-18,20,28-29H,19,21-22,33H2,1-5H3/b16-11+/t28-,29-/m1/s1. The second kappa shape index (κ2) is 12.7. The van der Waals surface area contributed by atoms with E-state index in [9.17, 15) is 14.4 Å².